The Morgan fingerprint density at radius 1 is 0.913 bits per heavy atom. The van der Waals surface area contributed by atoms with Crippen molar-refractivity contribution in [2.24, 2.45) is 0 Å². The standard InChI is InChI=1S/C18H17NO4/c1-21-12-6-4-11(5-7-12)16-14-10-13(22-2)8-9-15(14)19-17(16)18(20)23-3/h4-10,19H,1-3H3. The maximum absolute atomic E-state index is 12.1. The fourth-order valence-corrected chi connectivity index (χ4v) is 2.61. The van der Waals surface area contributed by atoms with Gasteiger partial charge in [-0.15, -0.1) is 0 Å². The third-order valence-electron chi connectivity index (χ3n) is 3.77. The molecule has 0 aliphatic carbocycles. The molecule has 0 saturated carbocycles. The van der Waals surface area contributed by atoms with E-state index >= 15 is 0 Å². The van der Waals surface area contributed by atoms with Crippen LogP contribution in [0.2, 0.25) is 0 Å². The highest BCUT2D eigenvalue weighted by Crippen LogP contribution is 2.35. The molecule has 0 bridgehead atoms. The van der Waals surface area contributed by atoms with E-state index in [-0.39, 0.29) is 0 Å². The Hall–Kier alpha value is -2.95. The SMILES string of the molecule is COC(=O)c1[nH]c2ccc(OC)cc2c1-c1ccc(OC)cc1. The highest BCUT2D eigenvalue weighted by atomic mass is 16.5. The third kappa shape index (κ3) is 2.61. The highest BCUT2D eigenvalue weighted by Gasteiger charge is 2.20. The first-order valence-electron chi connectivity index (χ1n) is 7.10. The summed E-state index contributed by atoms with van der Waals surface area (Å²) >= 11 is 0. The van der Waals surface area contributed by atoms with Crippen LogP contribution in [0.15, 0.2) is 42.5 Å². The summed E-state index contributed by atoms with van der Waals surface area (Å²) in [5, 5.41) is 0.898. The number of aromatic nitrogens is 1. The van der Waals surface area contributed by atoms with Gasteiger partial charge in [-0.25, -0.2) is 4.79 Å². The van der Waals surface area contributed by atoms with E-state index in [0.29, 0.717) is 5.69 Å². The van der Waals surface area contributed by atoms with Gasteiger partial charge in [0, 0.05) is 16.5 Å². The average Bonchev–Trinajstić information content (AvgIpc) is 2.99. The number of esters is 1. The van der Waals surface area contributed by atoms with E-state index in [2.05, 4.69) is 4.98 Å². The molecule has 3 rings (SSSR count). The maximum atomic E-state index is 12.1. The number of H-pyrrole nitrogens is 1. The normalized spacial score (nSPS) is 10.6. The molecule has 0 unspecified atom stereocenters. The molecule has 3 aromatic rings. The van der Waals surface area contributed by atoms with Gasteiger partial charge < -0.3 is 19.2 Å². The number of benzene rings is 2. The van der Waals surface area contributed by atoms with E-state index in [1.165, 1.54) is 7.11 Å². The topological polar surface area (TPSA) is 60.6 Å². The minimum atomic E-state index is -0.411. The number of rotatable bonds is 4. The molecule has 5 nitrogen and oxygen atoms in total. The Labute approximate surface area is 133 Å². The first-order chi connectivity index (χ1) is 11.2. The molecule has 0 amide bonds. The summed E-state index contributed by atoms with van der Waals surface area (Å²) in [6.07, 6.45) is 0. The van der Waals surface area contributed by atoms with E-state index in [4.69, 9.17) is 14.2 Å². The van der Waals surface area contributed by atoms with Gasteiger partial charge in [0.15, 0.2) is 0 Å². The van der Waals surface area contributed by atoms with Crippen LogP contribution in [-0.2, 0) is 4.74 Å². The predicted octanol–water partition coefficient (Wildman–Crippen LogP) is 3.64. The second kappa shape index (κ2) is 6.04. The van der Waals surface area contributed by atoms with Crippen LogP contribution in [0.25, 0.3) is 22.0 Å². The maximum Gasteiger partial charge on any atom is 0.355 e. The van der Waals surface area contributed by atoms with Gasteiger partial charge in [-0.2, -0.15) is 0 Å². The van der Waals surface area contributed by atoms with E-state index in [1.54, 1.807) is 14.2 Å². The second-order valence-electron chi connectivity index (χ2n) is 5.01. The second-order valence-corrected chi connectivity index (χ2v) is 5.01. The van der Waals surface area contributed by atoms with Crippen LogP contribution in [-0.4, -0.2) is 32.3 Å². The Balaban J connectivity index is 2.27. The van der Waals surface area contributed by atoms with Crippen LogP contribution < -0.4 is 9.47 Å². The fraction of sp³-hybridized carbons (Fsp3) is 0.167. The summed E-state index contributed by atoms with van der Waals surface area (Å²) in [6, 6.07) is 13.2. The van der Waals surface area contributed by atoms with Gasteiger partial charge in [0.1, 0.15) is 17.2 Å². The van der Waals surface area contributed by atoms with Crippen LogP contribution in [0.1, 0.15) is 10.5 Å². The van der Waals surface area contributed by atoms with Crippen molar-refractivity contribution in [2.75, 3.05) is 21.3 Å². The summed E-state index contributed by atoms with van der Waals surface area (Å²) in [5.74, 6) is 1.07. The lowest BCUT2D eigenvalue weighted by molar-refractivity contribution is 0.0596. The zero-order chi connectivity index (χ0) is 16.4. The molecule has 0 saturated heterocycles. The van der Waals surface area contributed by atoms with Gasteiger partial charge in [0.25, 0.3) is 0 Å². The number of carbonyl (C=O) groups excluding carboxylic acids is 1. The average molecular weight is 311 g/mol. The Kier molecular flexibility index (Phi) is 3.93. The van der Waals surface area contributed by atoms with Gasteiger partial charge in [-0.3, -0.25) is 0 Å². The number of hydrogen-bond donors (Lipinski definition) is 1. The molecule has 5 heteroatoms. The number of nitrogens with one attached hydrogen (secondary N) is 1. The lowest BCUT2D eigenvalue weighted by atomic mass is 10.0. The van der Waals surface area contributed by atoms with Crippen molar-refractivity contribution in [1.82, 2.24) is 4.98 Å². The van der Waals surface area contributed by atoms with Crippen molar-refractivity contribution < 1.29 is 19.0 Å². The van der Waals surface area contributed by atoms with Crippen molar-refractivity contribution in [1.29, 1.82) is 0 Å². The van der Waals surface area contributed by atoms with Crippen LogP contribution in [0.4, 0.5) is 0 Å². The van der Waals surface area contributed by atoms with Crippen LogP contribution in [0.5, 0.6) is 11.5 Å². The van der Waals surface area contributed by atoms with Crippen LogP contribution in [0, 0.1) is 0 Å². The summed E-state index contributed by atoms with van der Waals surface area (Å²) < 4.78 is 15.4. The quantitative estimate of drug-likeness (QED) is 0.747. The zero-order valence-corrected chi connectivity index (χ0v) is 13.2. The highest BCUT2D eigenvalue weighted by molar-refractivity contribution is 6.08. The molecule has 2 aromatic carbocycles. The molecule has 0 aliphatic heterocycles. The Morgan fingerprint density at radius 3 is 2.17 bits per heavy atom. The Bertz CT molecular complexity index is 849. The number of aromatic amines is 1. The van der Waals surface area contributed by atoms with Crippen molar-refractivity contribution in [3.05, 3.63) is 48.2 Å². The fourth-order valence-electron chi connectivity index (χ4n) is 2.61. The molecule has 0 atom stereocenters. The van der Waals surface area contributed by atoms with Gasteiger partial charge >= 0.3 is 5.97 Å². The molecule has 23 heavy (non-hydrogen) atoms. The number of methoxy groups -OCH3 is 3. The van der Waals surface area contributed by atoms with Crippen molar-refractivity contribution in [3.8, 4) is 22.6 Å². The zero-order valence-electron chi connectivity index (χ0n) is 13.2. The van der Waals surface area contributed by atoms with Gasteiger partial charge in [0.05, 0.1) is 21.3 Å². The van der Waals surface area contributed by atoms with Crippen LogP contribution in [0.3, 0.4) is 0 Å². The van der Waals surface area contributed by atoms with Gasteiger partial charge in [0.2, 0.25) is 0 Å². The molecule has 1 aromatic heterocycles. The summed E-state index contributed by atoms with van der Waals surface area (Å²) in [7, 11) is 4.60. The molecule has 1 N–H and O–H groups in total. The summed E-state index contributed by atoms with van der Waals surface area (Å²) in [5.41, 5.74) is 2.94. The minimum Gasteiger partial charge on any atom is -0.497 e. The number of hydrogen-bond acceptors (Lipinski definition) is 4. The lowest BCUT2D eigenvalue weighted by Gasteiger charge is -2.06. The predicted molar refractivity (Wildman–Crippen MR) is 88.2 cm³/mol. The lowest BCUT2D eigenvalue weighted by Crippen LogP contribution is -2.03. The molecular weight excluding hydrogens is 294 g/mol. The number of carbonyl (C=O) groups is 1. The first-order valence-corrected chi connectivity index (χ1v) is 7.10. The van der Waals surface area contributed by atoms with Gasteiger partial charge in [-0.1, -0.05) is 12.1 Å². The molecule has 0 radical (unpaired) electrons. The number of ether oxygens (including phenoxy) is 3. The smallest absolute Gasteiger partial charge is 0.355 e. The summed E-state index contributed by atoms with van der Waals surface area (Å²) in [4.78, 5) is 15.3. The molecule has 0 aliphatic rings. The van der Waals surface area contributed by atoms with Gasteiger partial charge in [-0.05, 0) is 35.9 Å². The molecule has 118 valence electrons. The molecule has 0 fully saturated rings. The van der Waals surface area contributed by atoms with E-state index in [0.717, 1.165) is 33.5 Å². The van der Waals surface area contributed by atoms with Crippen molar-refractivity contribution in [2.45, 2.75) is 0 Å². The summed E-state index contributed by atoms with van der Waals surface area (Å²) in [6.45, 7) is 0. The largest absolute Gasteiger partial charge is 0.497 e. The van der Waals surface area contributed by atoms with Crippen molar-refractivity contribution >= 4 is 16.9 Å². The van der Waals surface area contributed by atoms with E-state index in [9.17, 15) is 4.79 Å². The minimum absolute atomic E-state index is 0.411. The molecular formula is C18H17NO4. The number of fused-ring (bicyclic) bond motifs is 1. The molecule has 0 spiro atoms. The first kappa shape index (κ1) is 15.0. The van der Waals surface area contributed by atoms with E-state index < -0.39 is 5.97 Å². The monoisotopic (exact) mass is 311 g/mol. The molecule has 1 heterocycles. The van der Waals surface area contributed by atoms with E-state index in [1.807, 2.05) is 42.5 Å². The van der Waals surface area contributed by atoms with Crippen LogP contribution >= 0.6 is 0 Å². The van der Waals surface area contributed by atoms with Crippen molar-refractivity contribution in [3.63, 3.8) is 0 Å². The Morgan fingerprint density at radius 2 is 1.57 bits per heavy atom. The third-order valence-corrected chi connectivity index (χ3v) is 3.77.